The largest absolute Gasteiger partial charge is 0.494 e. The first kappa shape index (κ1) is 20.2. The van der Waals surface area contributed by atoms with Crippen LogP contribution in [0.25, 0.3) is 0 Å². The molecule has 1 atom stereocenters. The normalized spacial score (nSPS) is 23.1. The monoisotopic (exact) mass is 402 g/mol. The summed E-state index contributed by atoms with van der Waals surface area (Å²) in [6, 6.07) is 7.69. The maximum atomic E-state index is 12.6. The third kappa shape index (κ3) is 4.73. The maximum absolute atomic E-state index is 12.6. The van der Waals surface area contributed by atoms with Crippen LogP contribution in [0, 0.1) is 5.92 Å². The van der Waals surface area contributed by atoms with Gasteiger partial charge in [-0.2, -0.15) is 0 Å². The molecule has 1 spiro atoms. The molecule has 7 heteroatoms. The Morgan fingerprint density at radius 3 is 2.52 bits per heavy atom. The van der Waals surface area contributed by atoms with Crippen LogP contribution in [0.3, 0.4) is 0 Å². The topological polar surface area (TPSA) is 68.3 Å². The van der Waals surface area contributed by atoms with Crippen molar-refractivity contribution < 1.29 is 23.8 Å². The highest BCUT2D eigenvalue weighted by molar-refractivity contribution is 5.80. The standard InChI is InChI=1S/C22H30N2O5/c1-2-28-19-5-3-17(4-6-19)11-21(26)24-15-22(16-24)13-18(14-29-22)12-20(25)23-7-9-27-10-8-23/h3-6,18H,2,7-16H2,1H3. The molecule has 0 aliphatic carbocycles. The van der Waals surface area contributed by atoms with E-state index < -0.39 is 0 Å². The van der Waals surface area contributed by atoms with Crippen LogP contribution in [-0.2, 0) is 25.5 Å². The van der Waals surface area contributed by atoms with E-state index in [-0.39, 0.29) is 23.3 Å². The lowest BCUT2D eigenvalue weighted by atomic mass is 9.85. The molecule has 0 bridgehead atoms. The average Bonchev–Trinajstić information content (AvgIpc) is 3.13. The van der Waals surface area contributed by atoms with Gasteiger partial charge in [-0.25, -0.2) is 0 Å². The van der Waals surface area contributed by atoms with Crippen LogP contribution in [0.15, 0.2) is 24.3 Å². The van der Waals surface area contributed by atoms with E-state index in [4.69, 9.17) is 14.2 Å². The smallest absolute Gasteiger partial charge is 0.227 e. The Labute approximate surface area is 171 Å². The van der Waals surface area contributed by atoms with E-state index in [0.717, 1.165) is 17.7 Å². The third-order valence-corrected chi connectivity index (χ3v) is 6.01. The van der Waals surface area contributed by atoms with Crippen LogP contribution in [0.5, 0.6) is 5.75 Å². The number of carbonyl (C=O) groups is 2. The van der Waals surface area contributed by atoms with Gasteiger partial charge in [-0.3, -0.25) is 9.59 Å². The fourth-order valence-electron chi connectivity index (χ4n) is 4.46. The molecule has 0 saturated carbocycles. The van der Waals surface area contributed by atoms with Crippen molar-refractivity contribution in [1.82, 2.24) is 9.80 Å². The average molecular weight is 402 g/mol. The first-order chi connectivity index (χ1) is 14.1. The molecule has 3 fully saturated rings. The van der Waals surface area contributed by atoms with Gasteiger partial charge in [0.2, 0.25) is 11.8 Å². The van der Waals surface area contributed by atoms with E-state index in [2.05, 4.69) is 0 Å². The van der Waals surface area contributed by atoms with E-state index in [1.165, 1.54) is 0 Å². The van der Waals surface area contributed by atoms with Crippen LogP contribution in [0.4, 0.5) is 0 Å². The van der Waals surface area contributed by atoms with Crippen molar-refractivity contribution in [2.24, 2.45) is 5.92 Å². The summed E-state index contributed by atoms with van der Waals surface area (Å²) in [7, 11) is 0. The van der Waals surface area contributed by atoms with Gasteiger partial charge in [0.25, 0.3) is 0 Å². The zero-order chi connectivity index (χ0) is 20.3. The molecule has 7 nitrogen and oxygen atoms in total. The molecule has 4 rings (SSSR count). The molecule has 2 amide bonds. The molecule has 29 heavy (non-hydrogen) atoms. The summed E-state index contributed by atoms with van der Waals surface area (Å²) in [4.78, 5) is 28.8. The zero-order valence-corrected chi connectivity index (χ0v) is 17.1. The number of rotatable bonds is 6. The van der Waals surface area contributed by atoms with Gasteiger partial charge in [0.15, 0.2) is 0 Å². The molecule has 3 saturated heterocycles. The lowest BCUT2D eigenvalue weighted by Crippen LogP contribution is -2.63. The fourth-order valence-corrected chi connectivity index (χ4v) is 4.46. The summed E-state index contributed by atoms with van der Waals surface area (Å²) in [6.07, 6.45) is 1.78. The van der Waals surface area contributed by atoms with Gasteiger partial charge in [0, 0.05) is 19.5 Å². The SMILES string of the molecule is CCOc1ccc(CC(=O)N2CC3(CC(CC(=O)N4CCOCC4)CO3)C2)cc1. The Bertz CT molecular complexity index is 723. The van der Waals surface area contributed by atoms with Crippen LogP contribution >= 0.6 is 0 Å². The molecule has 1 aromatic carbocycles. The van der Waals surface area contributed by atoms with Crippen molar-refractivity contribution >= 4 is 11.8 Å². The van der Waals surface area contributed by atoms with Crippen molar-refractivity contribution in [1.29, 1.82) is 0 Å². The maximum Gasteiger partial charge on any atom is 0.227 e. The Morgan fingerprint density at radius 2 is 1.83 bits per heavy atom. The third-order valence-electron chi connectivity index (χ3n) is 6.01. The number of amides is 2. The number of morpholine rings is 1. The highest BCUT2D eigenvalue weighted by Crippen LogP contribution is 2.39. The minimum atomic E-state index is -0.246. The van der Waals surface area contributed by atoms with Gasteiger partial charge in [-0.1, -0.05) is 12.1 Å². The second-order valence-corrected chi connectivity index (χ2v) is 8.26. The molecule has 3 aliphatic rings. The van der Waals surface area contributed by atoms with Crippen LogP contribution < -0.4 is 4.74 Å². The minimum Gasteiger partial charge on any atom is -0.494 e. The molecule has 0 N–H and O–H groups in total. The first-order valence-corrected chi connectivity index (χ1v) is 10.6. The number of hydrogen-bond acceptors (Lipinski definition) is 5. The predicted octanol–water partition coefficient (Wildman–Crippen LogP) is 1.49. The fraction of sp³-hybridized carbons (Fsp3) is 0.636. The van der Waals surface area contributed by atoms with Crippen molar-refractivity contribution in [3.63, 3.8) is 0 Å². The molecule has 3 heterocycles. The van der Waals surface area contributed by atoms with E-state index in [1.54, 1.807) is 0 Å². The lowest BCUT2D eigenvalue weighted by molar-refractivity contribution is -0.157. The zero-order valence-electron chi connectivity index (χ0n) is 17.1. The highest BCUT2D eigenvalue weighted by atomic mass is 16.5. The van der Waals surface area contributed by atoms with E-state index >= 15 is 0 Å². The summed E-state index contributed by atoms with van der Waals surface area (Å²) in [5, 5.41) is 0. The Hall–Kier alpha value is -2.12. The Kier molecular flexibility index (Phi) is 6.06. The summed E-state index contributed by atoms with van der Waals surface area (Å²) in [6.45, 7) is 7.08. The predicted molar refractivity (Wildman–Crippen MR) is 107 cm³/mol. The summed E-state index contributed by atoms with van der Waals surface area (Å²) < 4.78 is 16.8. The molecule has 1 unspecified atom stereocenters. The molecule has 1 aromatic rings. The lowest BCUT2D eigenvalue weighted by Gasteiger charge is -2.47. The number of likely N-dealkylation sites (tertiary alicyclic amines) is 1. The number of ether oxygens (including phenoxy) is 3. The van der Waals surface area contributed by atoms with Crippen LogP contribution in [0.1, 0.15) is 25.3 Å². The molecule has 3 aliphatic heterocycles. The Morgan fingerprint density at radius 1 is 1.10 bits per heavy atom. The van der Waals surface area contributed by atoms with Crippen molar-refractivity contribution in [3.05, 3.63) is 29.8 Å². The second-order valence-electron chi connectivity index (χ2n) is 8.26. The summed E-state index contributed by atoms with van der Waals surface area (Å²) in [5.74, 6) is 1.38. The first-order valence-electron chi connectivity index (χ1n) is 10.6. The van der Waals surface area contributed by atoms with E-state index in [1.807, 2.05) is 41.0 Å². The van der Waals surface area contributed by atoms with E-state index in [9.17, 15) is 9.59 Å². The summed E-state index contributed by atoms with van der Waals surface area (Å²) in [5.41, 5.74) is 0.741. The molecular weight excluding hydrogens is 372 g/mol. The van der Waals surface area contributed by atoms with Gasteiger partial charge < -0.3 is 24.0 Å². The second kappa shape index (κ2) is 8.71. The minimum absolute atomic E-state index is 0.122. The number of hydrogen-bond donors (Lipinski definition) is 0. The summed E-state index contributed by atoms with van der Waals surface area (Å²) >= 11 is 0. The van der Waals surface area contributed by atoms with Gasteiger partial charge in [-0.15, -0.1) is 0 Å². The van der Waals surface area contributed by atoms with Crippen LogP contribution in [-0.4, -0.2) is 79.8 Å². The van der Waals surface area contributed by atoms with Crippen molar-refractivity contribution in [3.8, 4) is 5.75 Å². The van der Waals surface area contributed by atoms with Gasteiger partial charge in [-0.05, 0) is 37.0 Å². The molecule has 158 valence electrons. The molecular formula is C22H30N2O5. The number of benzene rings is 1. The molecule has 0 radical (unpaired) electrons. The molecule has 0 aromatic heterocycles. The van der Waals surface area contributed by atoms with Crippen LogP contribution in [0.2, 0.25) is 0 Å². The van der Waals surface area contributed by atoms with Crippen molar-refractivity contribution in [2.75, 3.05) is 52.6 Å². The van der Waals surface area contributed by atoms with E-state index in [0.29, 0.717) is 65.4 Å². The quantitative estimate of drug-likeness (QED) is 0.721. The van der Waals surface area contributed by atoms with Gasteiger partial charge >= 0.3 is 0 Å². The number of carbonyl (C=O) groups excluding carboxylic acids is 2. The van der Waals surface area contributed by atoms with Crippen molar-refractivity contribution in [2.45, 2.75) is 31.8 Å². The Balaban J connectivity index is 1.21. The number of nitrogens with zero attached hydrogens (tertiary/aromatic N) is 2. The van der Waals surface area contributed by atoms with Gasteiger partial charge in [0.05, 0.1) is 45.9 Å². The highest BCUT2D eigenvalue weighted by Gasteiger charge is 2.51. The van der Waals surface area contributed by atoms with Gasteiger partial charge in [0.1, 0.15) is 11.4 Å².